The van der Waals surface area contributed by atoms with Gasteiger partial charge >= 0.3 is 0 Å². The third kappa shape index (κ3) is 3.95. The van der Waals surface area contributed by atoms with E-state index in [4.69, 9.17) is 0 Å². The quantitative estimate of drug-likeness (QED) is 0.837. The zero-order valence-corrected chi connectivity index (χ0v) is 13.4. The van der Waals surface area contributed by atoms with Gasteiger partial charge in [0, 0.05) is 18.6 Å². The van der Waals surface area contributed by atoms with Crippen LogP contribution in [0.2, 0.25) is 0 Å². The molecule has 1 N–H and O–H groups in total. The fourth-order valence-corrected chi connectivity index (χ4v) is 4.09. The van der Waals surface area contributed by atoms with Gasteiger partial charge in [-0.15, -0.1) is 0 Å². The highest BCUT2D eigenvalue weighted by atomic mass is 16.3. The summed E-state index contributed by atoms with van der Waals surface area (Å²) in [6.45, 7) is 10.5. The van der Waals surface area contributed by atoms with Crippen molar-refractivity contribution in [2.24, 2.45) is 11.3 Å². The molecule has 2 heteroatoms. The van der Waals surface area contributed by atoms with E-state index in [1.807, 2.05) is 0 Å². The molecule has 0 aromatic heterocycles. The first kappa shape index (κ1) is 15.3. The Morgan fingerprint density at radius 2 is 1.79 bits per heavy atom. The molecule has 0 bridgehead atoms. The normalized spacial score (nSPS) is 32.4. The van der Waals surface area contributed by atoms with Crippen molar-refractivity contribution in [3.63, 3.8) is 0 Å². The molecular formula is C17H33NO. The Balaban J connectivity index is 2.10. The lowest BCUT2D eigenvalue weighted by molar-refractivity contribution is -0.0379. The Morgan fingerprint density at radius 3 is 2.37 bits per heavy atom. The van der Waals surface area contributed by atoms with Gasteiger partial charge in [-0.25, -0.2) is 0 Å². The Hall–Kier alpha value is -0.0800. The van der Waals surface area contributed by atoms with Crippen LogP contribution in [0.4, 0.5) is 0 Å². The summed E-state index contributed by atoms with van der Waals surface area (Å²) < 4.78 is 0. The van der Waals surface area contributed by atoms with Gasteiger partial charge in [0.15, 0.2) is 0 Å². The van der Waals surface area contributed by atoms with Gasteiger partial charge in [-0.2, -0.15) is 0 Å². The van der Waals surface area contributed by atoms with Gasteiger partial charge < -0.3 is 5.11 Å². The van der Waals surface area contributed by atoms with Crippen LogP contribution < -0.4 is 0 Å². The van der Waals surface area contributed by atoms with Crippen LogP contribution in [0.3, 0.4) is 0 Å². The Bertz CT molecular complexity index is 281. The van der Waals surface area contributed by atoms with Crippen LogP contribution in [0.15, 0.2) is 0 Å². The van der Waals surface area contributed by atoms with E-state index < -0.39 is 0 Å². The van der Waals surface area contributed by atoms with Crippen LogP contribution in [0.5, 0.6) is 0 Å². The second-order valence-electron chi connectivity index (χ2n) is 8.07. The van der Waals surface area contributed by atoms with Gasteiger partial charge in [-0.05, 0) is 43.4 Å². The number of nitrogens with zero attached hydrogens (tertiary/aromatic N) is 1. The minimum atomic E-state index is -0.104. The van der Waals surface area contributed by atoms with E-state index in [1.54, 1.807) is 0 Å². The van der Waals surface area contributed by atoms with Crippen LogP contribution in [0.1, 0.15) is 72.6 Å². The molecule has 2 atom stereocenters. The van der Waals surface area contributed by atoms with Crippen LogP contribution >= 0.6 is 0 Å². The summed E-state index contributed by atoms with van der Waals surface area (Å²) in [6, 6.07) is 1.13. The van der Waals surface area contributed by atoms with Gasteiger partial charge in [0.1, 0.15) is 0 Å². The zero-order valence-electron chi connectivity index (χ0n) is 13.4. The molecule has 2 nitrogen and oxygen atoms in total. The first-order chi connectivity index (χ1) is 8.89. The second kappa shape index (κ2) is 6.13. The van der Waals surface area contributed by atoms with Crippen LogP contribution in [0, 0.1) is 11.3 Å². The van der Waals surface area contributed by atoms with Gasteiger partial charge in [-0.3, -0.25) is 4.90 Å². The molecule has 0 radical (unpaired) electrons. The molecule has 0 aromatic carbocycles. The smallest absolute Gasteiger partial charge is 0.0695 e. The van der Waals surface area contributed by atoms with E-state index in [-0.39, 0.29) is 6.10 Å². The number of hydrogen-bond acceptors (Lipinski definition) is 2. The molecule has 2 unspecified atom stereocenters. The Morgan fingerprint density at radius 1 is 1.16 bits per heavy atom. The lowest BCUT2D eigenvalue weighted by Gasteiger charge is -2.47. The minimum Gasteiger partial charge on any atom is -0.391 e. The lowest BCUT2D eigenvalue weighted by Crippen LogP contribution is -2.53. The maximum atomic E-state index is 10.5. The molecule has 0 amide bonds. The van der Waals surface area contributed by atoms with E-state index in [0.29, 0.717) is 17.4 Å². The number of aliphatic hydroxyl groups is 1. The molecule has 0 aromatic rings. The highest BCUT2D eigenvalue weighted by molar-refractivity contribution is 4.94. The SMILES string of the molecule is CC(C)CN(C1CCCC1)C1CC(C)(C)CCC1O. The highest BCUT2D eigenvalue weighted by Gasteiger charge is 2.40. The first-order valence-electron chi connectivity index (χ1n) is 8.33. The largest absolute Gasteiger partial charge is 0.391 e. The molecule has 2 saturated carbocycles. The summed E-state index contributed by atoms with van der Waals surface area (Å²) in [5, 5.41) is 10.5. The highest BCUT2D eigenvalue weighted by Crippen LogP contribution is 2.39. The van der Waals surface area contributed by atoms with Crippen molar-refractivity contribution >= 4 is 0 Å². The van der Waals surface area contributed by atoms with Crippen molar-refractivity contribution in [3.05, 3.63) is 0 Å². The maximum absolute atomic E-state index is 10.5. The van der Waals surface area contributed by atoms with Crippen molar-refractivity contribution in [1.82, 2.24) is 4.90 Å². The Kier molecular flexibility index (Phi) is 4.94. The van der Waals surface area contributed by atoms with Crippen LogP contribution in [-0.2, 0) is 0 Å². The molecule has 2 aliphatic carbocycles. The van der Waals surface area contributed by atoms with Gasteiger partial charge in [0.25, 0.3) is 0 Å². The van der Waals surface area contributed by atoms with E-state index >= 15 is 0 Å². The molecule has 2 rings (SSSR count). The molecule has 2 aliphatic rings. The average molecular weight is 267 g/mol. The number of hydrogen-bond donors (Lipinski definition) is 1. The topological polar surface area (TPSA) is 23.5 Å². The fourth-order valence-electron chi connectivity index (χ4n) is 4.09. The monoisotopic (exact) mass is 267 g/mol. The summed E-state index contributed by atoms with van der Waals surface area (Å²) in [4.78, 5) is 2.68. The predicted molar refractivity (Wildman–Crippen MR) is 81.2 cm³/mol. The van der Waals surface area contributed by atoms with E-state index in [9.17, 15) is 5.11 Å². The summed E-state index contributed by atoms with van der Waals surface area (Å²) in [7, 11) is 0. The average Bonchev–Trinajstić information content (AvgIpc) is 2.83. The van der Waals surface area contributed by atoms with Gasteiger partial charge in [0.05, 0.1) is 6.10 Å². The maximum Gasteiger partial charge on any atom is 0.0695 e. The number of rotatable bonds is 4. The first-order valence-corrected chi connectivity index (χ1v) is 8.33. The molecule has 0 heterocycles. The predicted octanol–water partition coefficient (Wildman–Crippen LogP) is 3.83. The molecule has 0 spiro atoms. The van der Waals surface area contributed by atoms with Gasteiger partial charge in [0.2, 0.25) is 0 Å². The summed E-state index contributed by atoms with van der Waals surface area (Å²) in [5.41, 5.74) is 0.401. The fraction of sp³-hybridized carbons (Fsp3) is 1.00. The standard InChI is InChI=1S/C17H33NO/c1-13(2)12-18(14-7-5-6-8-14)15-11-17(3,4)10-9-16(15)19/h13-16,19H,5-12H2,1-4H3. The molecule has 112 valence electrons. The van der Waals surface area contributed by atoms with Crippen LogP contribution in [-0.4, -0.2) is 34.7 Å². The third-order valence-electron chi connectivity index (χ3n) is 5.12. The van der Waals surface area contributed by atoms with E-state index in [2.05, 4.69) is 32.6 Å². The van der Waals surface area contributed by atoms with E-state index in [0.717, 1.165) is 25.4 Å². The number of aliphatic hydroxyl groups excluding tert-OH is 1. The van der Waals surface area contributed by atoms with Crippen molar-refractivity contribution in [2.75, 3.05) is 6.54 Å². The van der Waals surface area contributed by atoms with Crippen molar-refractivity contribution in [2.45, 2.75) is 90.8 Å². The summed E-state index contributed by atoms with van der Waals surface area (Å²) in [6.07, 6.45) is 8.66. The third-order valence-corrected chi connectivity index (χ3v) is 5.12. The zero-order chi connectivity index (χ0) is 14.0. The van der Waals surface area contributed by atoms with Crippen molar-refractivity contribution in [1.29, 1.82) is 0 Å². The Labute approximate surface area is 119 Å². The van der Waals surface area contributed by atoms with Crippen molar-refractivity contribution < 1.29 is 5.11 Å². The molecular weight excluding hydrogens is 234 g/mol. The van der Waals surface area contributed by atoms with Gasteiger partial charge in [-0.1, -0.05) is 40.5 Å². The molecule has 2 fully saturated rings. The molecule has 0 saturated heterocycles. The molecule has 19 heavy (non-hydrogen) atoms. The van der Waals surface area contributed by atoms with Crippen LogP contribution in [0.25, 0.3) is 0 Å². The lowest BCUT2D eigenvalue weighted by atomic mass is 9.73. The van der Waals surface area contributed by atoms with Crippen molar-refractivity contribution in [3.8, 4) is 0 Å². The summed E-state index contributed by atoms with van der Waals surface area (Å²) in [5.74, 6) is 0.692. The molecule has 0 aliphatic heterocycles. The van der Waals surface area contributed by atoms with E-state index in [1.165, 1.54) is 32.1 Å². The summed E-state index contributed by atoms with van der Waals surface area (Å²) >= 11 is 0. The second-order valence-corrected chi connectivity index (χ2v) is 8.07. The minimum absolute atomic E-state index is 0.104.